The van der Waals surface area contributed by atoms with Crippen molar-refractivity contribution in [1.29, 1.82) is 0 Å². The Balaban J connectivity index is 1.44. The molecule has 192 valence electrons. The highest BCUT2D eigenvalue weighted by Crippen LogP contribution is 2.31. The Hall–Kier alpha value is -4.84. The van der Waals surface area contributed by atoms with Gasteiger partial charge in [0.15, 0.2) is 5.82 Å². The Bertz CT molecular complexity index is 1780. The molecule has 0 saturated carbocycles. The van der Waals surface area contributed by atoms with Gasteiger partial charge < -0.3 is 14.5 Å². The van der Waals surface area contributed by atoms with Crippen LogP contribution in [0.4, 0.5) is 20.3 Å². The van der Waals surface area contributed by atoms with Crippen LogP contribution >= 0.6 is 0 Å². The summed E-state index contributed by atoms with van der Waals surface area (Å²) in [4.78, 5) is 20.3. The molecule has 2 N–H and O–H groups in total. The Morgan fingerprint density at radius 2 is 1.76 bits per heavy atom. The number of methoxy groups -OCH3 is 1. The van der Waals surface area contributed by atoms with Crippen molar-refractivity contribution in [3.05, 3.63) is 103 Å². The van der Waals surface area contributed by atoms with Crippen LogP contribution in [-0.2, 0) is 10.0 Å². The molecule has 9 nitrogen and oxygen atoms in total. The van der Waals surface area contributed by atoms with Crippen molar-refractivity contribution in [2.24, 2.45) is 0 Å². The SMILES string of the molecule is COc1ncc(-c2ccc3nc(NC(=O)c4ccccc4)cn3c2)cc1NS(=O)(=O)c1ccc(F)cc1F. The van der Waals surface area contributed by atoms with E-state index in [9.17, 15) is 22.0 Å². The molecule has 12 heteroatoms. The molecule has 0 spiro atoms. The van der Waals surface area contributed by atoms with Gasteiger partial charge in [0.05, 0.1) is 13.3 Å². The number of amides is 1. The van der Waals surface area contributed by atoms with Gasteiger partial charge in [-0.25, -0.2) is 27.2 Å². The highest BCUT2D eigenvalue weighted by atomic mass is 32.2. The molecule has 1 amide bonds. The normalized spacial score (nSPS) is 11.3. The van der Waals surface area contributed by atoms with E-state index in [-0.39, 0.29) is 17.5 Å². The summed E-state index contributed by atoms with van der Waals surface area (Å²) in [5.74, 6) is -2.14. The minimum Gasteiger partial charge on any atom is -0.480 e. The highest BCUT2D eigenvalue weighted by molar-refractivity contribution is 7.92. The van der Waals surface area contributed by atoms with Crippen LogP contribution in [0.2, 0.25) is 0 Å². The third-order valence-electron chi connectivity index (χ3n) is 5.53. The van der Waals surface area contributed by atoms with E-state index >= 15 is 0 Å². The van der Waals surface area contributed by atoms with Gasteiger partial charge in [-0.2, -0.15) is 0 Å². The molecule has 0 atom stereocenters. The number of sulfonamides is 1. The number of imidazole rings is 1. The van der Waals surface area contributed by atoms with Gasteiger partial charge in [-0.15, -0.1) is 0 Å². The van der Waals surface area contributed by atoms with E-state index in [1.165, 1.54) is 19.4 Å². The lowest BCUT2D eigenvalue weighted by molar-refractivity contribution is 0.102. The maximum Gasteiger partial charge on any atom is 0.264 e. The third-order valence-corrected chi connectivity index (χ3v) is 6.93. The highest BCUT2D eigenvalue weighted by Gasteiger charge is 2.22. The van der Waals surface area contributed by atoms with E-state index < -0.39 is 26.6 Å². The van der Waals surface area contributed by atoms with Gasteiger partial charge in [-0.1, -0.05) is 18.2 Å². The molecular formula is C26H19F2N5O4S. The van der Waals surface area contributed by atoms with Gasteiger partial charge in [-0.3, -0.25) is 9.52 Å². The number of rotatable bonds is 7. The number of anilines is 2. The molecule has 3 aromatic heterocycles. The molecule has 5 rings (SSSR count). The molecular weight excluding hydrogens is 516 g/mol. The Morgan fingerprint density at radius 1 is 0.974 bits per heavy atom. The van der Waals surface area contributed by atoms with E-state index in [1.54, 1.807) is 53.2 Å². The lowest BCUT2D eigenvalue weighted by Gasteiger charge is -2.13. The van der Waals surface area contributed by atoms with Crippen molar-refractivity contribution < 1.29 is 26.7 Å². The van der Waals surface area contributed by atoms with Gasteiger partial charge >= 0.3 is 0 Å². The molecule has 0 fully saturated rings. The van der Waals surface area contributed by atoms with Gasteiger partial charge in [0.1, 0.15) is 27.9 Å². The van der Waals surface area contributed by atoms with E-state index in [0.29, 0.717) is 34.2 Å². The number of carbonyl (C=O) groups excluding carboxylic acids is 1. The van der Waals surface area contributed by atoms with Crippen molar-refractivity contribution in [1.82, 2.24) is 14.4 Å². The monoisotopic (exact) mass is 535 g/mol. The van der Waals surface area contributed by atoms with Crippen LogP contribution in [0.5, 0.6) is 5.88 Å². The molecule has 0 saturated heterocycles. The summed E-state index contributed by atoms with van der Waals surface area (Å²) in [6.45, 7) is 0. The van der Waals surface area contributed by atoms with Crippen LogP contribution in [0.25, 0.3) is 16.8 Å². The number of hydrogen-bond acceptors (Lipinski definition) is 6. The first-order chi connectivity index (χ1) is 18.2. The Morgan fingerprint density at radius 3 is 2.50 bits per heavy atom. The number of aromatic nitrogens is 3. The van der Waals surface area contributed by atoms with E-state index in [1.807, 2.05) is 6.07 Å². The number of carbonyl (C=O) groups is 1. The zero-order valence-electron chi connectivity index (χ0n) is 19.7. The zero-order chi connectivity index (χ0) is 26.9. The summed E-state index contributed by atoms with van der Waals surface area (Å²) >= 11 is 0. The van der Waals surface area contributed by atoms with Crippen molar-refractivity contribution in [2.75, 3.05) is 17.1 Å². The quantitative estimate of drug-likeness (QED) is 0.311. The van der Waals surface area contributed by atoms with Crippen LogP contribution < -0.4 is 14.8 Å². The van der Waals surface area contributed by atoms with Crippen LogP contribution in [0.1, 0.15) is 10.4 Å². The van der Waals surface area contributed by atoms with Crippen LogP contribution in [0.15, 0.2) is 90.2 Å². The second-order valence-electron chi connectivity index (χ2n) is 8.09. The molecule has 2 aromatic carbocycles. The van der Waals surface area contributed by atoms with Crippen molar-refractivity contribution in [3.63, 3.8) is 0 Å². The minimum absolute atomic E-state index is 0.0460. The third kappa shape index (κ3) is 5.02. The number of fused-ring (bicyclic) bond motifs is 1. The van der Waals surface area contributed by atoms with E-state index in [0.717, 1.165) is 12.1 Å². The maximum absolute atomic E-state index is 14.2. The van der Waals surface area contributed by atoms with Gasteiger partial charge in [0.2, 0.25) is 5.88 Å². The first-order valence-electron chi connectivity index (χ1n) is 11.1. The lowest BCUT2D eigenvalue weighted by atomic mass is 10.1. The topological polar surface area (TPSA) is 115 Å². The fourth-order valence-electron chi connectivity index (χ4n) is 3.74. The average Bonchev–Trinajstić information content (AvgIpc) is 3.30. The second-order valence-corrected chi connectivity index (χ2v) is 9.74. The number of nitrogens with zero attached hydrogens (tertiary/aromatic N) is 3. The van der Waals surface area contributed by atoms with E-state index in [2.05, 4.69) is 20.0 Å². The molecule has 0 aliphatic heterocycles. The van der Waals surface area contributed by atoms with Crippen LogP contribution in [0.3, 0.4) is 0 Å². The summed E-state index contributed by atoms with van der Waals surface area (Å²) in [6, 6.07) is 15.8. The number of benzene rings is 2. The summed E-state index contributed by atoms with van der Waals surface area (Å²) in [7, 11) is -3.12. The van der Waals surface area contributed by atoms with E-state index in [4.69, 9.17) is 4.74 Å². The average molecular weight is 536 g/mol. The Kier molecular flexibility index (Phi) is 6.47. The molecule has 0 bridgehead atoms. The standard InChI is InChI=1S/C26H19F2N5O4S/c1-37-26-21(32-38(35,36)22-9-8-19(27)12-20(22)28)11-18(13-29-26)17-7-10-24-30-23(15-33(24)14-17)31-25(34)16-5-3-2-4-6-16/h2-15,32H,1H3,(H,31,34). The first-order valence-corrected chi connectivity index (χ1v) is 12.6. The zero-order valence-corrected chi connectivity index (χ0v) is 20.5. The summed E-state index contributed by atoms with van der Waals surface area (Å²) in [6.07, 6.45) is 4.84. The van der Waals surface area contributed by atoms with Crippen molar-refractivity contribution in [3.8, 4) is 17.0 Å². The number of pyridine rings is 2. The fourth-order valence-corrected chi connectivity index (χ4v) is 4.85. The molecule has 0 radical (unpaired) electrons. The smallest absolute Gasteiger partial charge is 0.264 e. The number of ether oxygens (including phenoxy) is 1. The molecule has 5 aromatic rings. The van der Waals surface area contributed by atoms with Crippen molar-refractivity contribution >= 4 is 33.1 Å². The van der Waals surface area contributed by atoms with Crippen LogP contribution in [-0.4, -0.2) is 35.8 Å². The first kappa shape index (κ1) is 24.8. The molecule has 0 aliphatic carbocycles. The van der Waals surface area contributed by atoms with Gasteiger partial charge in [-0.05, 0) is 42.5 Å². The van der Waals surface area contributed by atoms with Crippen LogP contribution in [0, 0.1) is 11.6 Å². The summed E-state index contributed by atoms with van der Waals surface area (Å²) in [5, 5.41) is 2.75. The number of nitrogens with one attached hydrogen (secondary N) is 2. The van der Waals surface area contributed by atoms with Crippen molar-refractivity contribution in [2.45, 2.75) is 4.90 Å². The summed E-state index contributed by atoms with van der Waals surface area (Å²) < 4.78 is 62.2. The second kappa shape index (κ2) is 9.90. The maximum atomic E-state index is 14.2. The minimum atomic E-state index is -4.43. The summed E-state index contributed by atoms with van der Waals surface area (Å²) in [5.41, 5.74) is 2.15. The Labute approximate surface area is 215 Å². The largest absolute Gasteiger partial charge is 0.480 e. The lowest BCUT2D eigenvalue weighted by Crippen LogP contribution is -2.15. The molecule has 0 unspecified atom stereocenters. The number of halogens is 2. The van der Waals surface area contributed by atoms with Gasteiger partial charge in [0.25, 0.3) is 15.9 Å². The molecule has 0 aliphatic rings. The molecule has 38 heavy (non-hydrogen) atoms. The fraction of sp³-hybridized carbons (Fsp3) is 0.0385. The van der Waals surface area contributed by atoms with Gasteiger partial charge in [0, 0.05) is 35.2 Å². The number of hydrogen-bond donors (Lipinski definition) is 2. The predicted molar refractivity (Wildman–Crippen MR) is 137 cm³/mol. The molecule has 3 heterocycles. The predicted octanol–water partition coefficient (Wildman–Crippen LogP) is 4.74.